The van der Waals surface area contributed by atoms with Gasteiger partial charge in [0.2, 0.25) is 5.95 Å². The summed E-state index contributed by atoms with van der Waals surface area (Å²) in [5.74, 6) is 0.810. The number of halogens is 1. The standard InChI is InChI=1S/C18H17ClN4/c1-12-4-2-3-5-15(12)17-10-16(13-6-8-14(19)9-7-13)22-18-20-11-21-23(17)18/h2-9,11,16-17H,10H2,1H3,(H,20,21,22). The highest BCUT2D eigenvalue weighted by Gasteiger charge is 2.30. The number of aromatic nitrogens is 3. The second kappa shape index (κ2) is 5.70. The Morgan fingerprint density at radius 2 is 1.91 bits per heavy atom. The van der Waals surface area contributed by atoms with E-state index in [2.05, 4.69) is 58.7 Å². The van der Waals surface area contributed by atoms with Gasteiger partial charge >= 0.3 is 0 Å². The summed E-state index contributed by atoms with van der Waals surface area (Å²) in [4.78, 5) is 4.37. The van der Waals surface area contributed by atoms with Crippen LogP contribution in [0.25, 0.3) is 0 Å². The van der Waals surface area contributed by atoms with Crippen LogP contribution < -0.4 is 5.32 Å². The first kappa shape index (κ1) is 14.3. The monoisotopic (exact) mass is 324 g/mol. The van der Waals surface area contributed by atoms with Gasteiger partial charge in [-0.3, -0.25) is 0 Å². The molecule has 1 aromatic heterocycles. The van der Waals surface area contributed by atoms with Crippen LogP contribution in [0.2, 0.25) is 5.02 Å². The van der Waals surface area contributed by atoms with Gasteiger partial charge in [0.05, 0.1) is 12.1 Å². The number of anilines is 1. The maximum Gasteiger partial charge on any atom is 0.222 e. The molecule has 4 nitrogen and oxygen atoms in total. The van der Waals surface area contributed by atoms with E-state index in [1.807, 2.05) is 16.8 Å². The van der Waals surface area contributed by atoms with E-state index in [1.54, 1.807) is 6.33 Å². The van der Waals surface area contributed by atoms with Gasteiger partial charge in [-0.15, -0.1) is 0 Å². The molecular formula is C18H17ClN4. The number of benzene rings is 2. The third kappa shape index (κ3) is 2.59. The van der Waals surface area contributed by atoms with Gasteiger partial charge in [0.1, 0.15) is 6.33 Å². The number of rotatable bonds is 2. The molecule has 0 spiro atoms. The quantitative estimate of drug-likeness (QED) is 0.760. The molecule has 1 N–H and O–H groups in total. The SMILES string of the molecule is Cc1ccccc1C1CC(c2ccc(Cl)cc2)Nc2ncnn21. The molecule has 0 bridgehead atoms. The zero-order valence-corrected chi connectivity index (χ0v) is 13.5. The predicted octanol–water partition coefficient (Wildman–Crippen LogP) is 4.39. The molecule has 23 heavy (non-hydrogen) atoms. The molecule has 5 heteroatoms. The van der Waals surface area contributed by atoms with Crippen LogP contribution in [-0.4, -0.2) is 14.8 Å². The summed E-state index contributed by atoms with van der Waals surface area (Å²) >= 11 is 6.01. The Bertz CT molecular complexity index is 825. The van der Waals surface area contributed by atoms with Crippen molar-refractivity contribution in [2.24, 2.45) is 0 Å². The largest absolute Gasteiger partial charge is 0.348 e. The van der Waals surface area contributed by atoms with Crippen molar-refractivity contribution in [2.45, 2.75) is 25.4 Å². The van der Waals surface area contributed by atoms with Crippen molar-refractivity contribution in [3.8, 4) is 0 Å². The van der Waals surface area contributed by atoms with E-state index < -0.39 is 0 Å². The van der Waals surface area contributed by atoms with Gasteiger partial charge in [-0.2, -0.15) is 10.1 Å². The Kier molecular flexibility index (Phi) is 3.54. The summed E-state index contributed by atoms with van der Waals surface area (Å²) in [7, 11) is 0. The lowest BCUT2D eigenvalue weighted by atomic mass is 9.91. The molecular weight excluding hydrogens is 308 g/mol. The van der Waals surface area contributed by atoms with Crippen molar-refractivity contribution in [3.05, 3.63) is 76.6 Å². The lowest BCUT2D eigenvalue weighted by Crippen LogP contribution is -2.28. The van der Waals surface area contributed by atoms with Gasteiger partial charge in [-0.1, -0.05) is 48.0 Å². The molecule has 0 saturated heterocycles. The minimum atomic E-state index is 0.177. The van der Waals surface area contributed by atoms with Crippen LogP contribution in [-0.2, 0) is 0 Å². The molecule has 2 atom stereocenters. The highest BCUT2D eigenvalue weighted by atomic mass is 35.5. The van der Waals surface area contributed by atoms with Crippen LogP contribution in [0, 0.1) is 6.92 Å². The van der Waals surface area contributed by atoms with Gasteiger partial charge < -0.3 is 5.32 Å². The summed E-state index contributed by atoms with van der Waals surface area (Å²) in [6.07, 6.45) is 2.53. The second-order valence-corrected chi connectivity index (χ2v) is 6.32. The predicted molar refractivity (Wildman–Crippen MR) is 91.8 cm³/mol. The number of hydrogen-bond donors (Lipinski definition) is 1. The lowest BCUT2D eigenvalue weighted by Gasteiger charge is -2.32. The van der Waals surface area contributed by atoms with Crippen LogP contribution in [0.15, 0.2) is 54.9 Å². The van der Waals surface area contributed by atoms with Gasteiger partial charge in [0.25, 0.3) is 0 Å². The van der Waals surface area contributed by atoms with Crippen LogP contribution in [0.4, 0.5) is 5.95 Å². The van der Waals surface area contributed by atoms with Crippen molar-refractivity contribution in [2.75, 3.05) is 5.32 Å². The first-order valence-corrected chi connectivity index (χ1v) is 8.07. The van der Waals surface area contributed by atoms with E-state index in [9.17, 15) is 0 Å². The zero-order valence-electron chi connectivity index (χ0n) is 12.8. The number of nitrogens with one attached hydrogen (secondary N) is 1. The summed E-state index contributed by atoms with van der Waals surface area (Å²) in [6.45, 7) is 2.14. The Hall–Kier alpha value is -2.33. The molecule has 1 aliphatic rings. The van der Waals surface area contributed by atoms with Crippen LogP contribution in [0.1, 0.15) is 35.2 Å². The Balaban J connectivity index is 1.75. The number of aryl methyl sites for hydroxylation is 1. The molecule has 116 valence electrons. The molecule has 1 aliphatic heterocycles. The molecule has 0 amide bonds. The molecule has 0 saturated carbocycles. The molecule has 2 unspecified atom stereocenters. The summed E-state index contributed by atoms with van der Waals surface area (Å²) < 4.78 is 1.98. The Morgan fingerprint density at radius 3 is 2.70 bits per heavy atom. The number of fused-ring (bicyclic) bond motifs is 1. The summed E-state index contributed by atoms with van der Waals surface area (Å²) in [5.41, 5.74) is 3.78. The van der Waals surface area contributed by atoms with Crippen LogP contribution in [0.3, 0.4) is 0 Å². The van der Waals surface area contributed by atoms with Gasteiger partial charge in [-0.25, -0.2) is 4.68 Å². The normalized spacial score (nSPS) is 19.9. The fourth-order valence-corrected chi connectivity index (χ4v) is 3.38. The fraction of sp³-hybridized carbons (Fsp3) is 0.222. The molecule has 0 aliphatic carbocycles. The van der Waals surface area contributed by atoms with E-state index in [0.29, 0.717) is 0 Å². The maximum absolute atomic E-state index is 6.01. The first-order chi connectivity index (χ1) is 11.2. The number of nitrogens with zero attached hydrogens (tertiary/aromatic N) is 3. The second-order valence-electron chi connectivity index (χ2n) is 5.88. The maximum atomic E-state index is 6.01. The number of hydrogen-bond acceptors (Lipinski definition) is 3. The molecule has 2 heterocycles. The van der Waals surface area contributed by atoms with Gasteiger partial charge in [-0.05, 0) is 42.2 Å². The topological polar surface area (TPSA) is 42.7 Å². The highest BCUT2D eigenvalue weighted by molar-refractivity contribution is 6.30. The van der Waals surface area contributed by atoms with Crippen molar-refractivity contribution >= 4 is 17.5 Å². The smallest absolute Gasteiger partial charge is 0.222 e. The van der Waals surface area contributed by atoms with E-state index >= 15 is 0 Å². The van der Waals surface area contributed by atoms with Crippen molar-refractivity contribution < 1.29 is 0 Å². The van der Waals surface area contributed by atoms with Crippen molar-refractivity contribution in [1.29, 1.82) is 0 Å². The minimum absolute atomic E-state index is 0.177. The molecule has 3 aromatic rings. The molecule has 2 aromatic carbocycles. The third-order valence-electron chi connectivity index (χ3n) is 4.45. The van der Waals surface area contributed by atoms with E-state index in [1.165, 1.54) is 16.7 Å². The molecule has 4 rings (SSSR count). The molecule has 0 fully saturated rings. The minimum Gasteiger partial charge on any atom is -0.348 e. The van der Waals surface area contributed by atoms with Crippen LogP contribution >= 0.6 is 11.6 Å². The van der Waals surface area contributed by atoms with Crippen molar-refractivity contribution in [3.63, 3.8) is 0 Å². The summed E-state index contributed by atoms with van der Waals surface area (Å²) in [6, 6.07) is 16.8. The van der Waals surface area contributed by atoms with E-state index in [0.717, 1.165) is 17.4 Å². The summed E-state index contributed by atoms with van der Waals surface area (Å²) in [5, 5.41) is 8.65. The highest BCUT2D eigenvalue weighted by Crippen LogP contribution is 2.38. The van der Waals surface area contributed by atoms with Gasteiger partial charge in [0.15, 0.2) is 0 Å². The van der Waals surface area contributed by atoms with E-state index in [-0.39, 0.29) is 12.1 Å². The lowest BCUT2D eigenvalue weighted by molar-refractivity contribution is 0.429. The molecule has 0 radical (unpaired) electrons. The fourth-order valence-electron chi connectivity index (χ4n) is 3.25. The third-order valence-corrected chi connectivity index (χ3v) is 4.70. The Morgan fingerprint density at radius 1 is 1.13 bits per heavy atom. The van der Waals surface area contributed by atoms with Crippen molar-refractivity contribution in [1.82, 2.24) is 14.8 Å². The van der Waals surface area contributed by atoms with E-state index in [4.69, 9.17) is 11.6 Å². The Labute approximate surface area is 140 Å². The van der Waals surface area contributed by atoms with Crippen LogP contribution in [0.5, 0.6) is 0 Å². The average molecular weight is 325 g/mol. The first-order valence-electron chi connectivity index (χ1n) is 7.69. The van der Waals surface area contributed by atoms with Gasteiger partial charge in [0, 0.05) is 5.02 Å². The average Bonchev–Trinajstić information content (AvgIpc) is 3.04. The zero-order chi connectivity index (χ0) is 15.8.